The van der Waals surface area contributed by atoms with Crippen LogP contribution in [0.3, 0.4) is 0 Å². The molecular formula is C11H14BrFN2O3S. The van der Waals surface area contributed by atoms with E-state index in [1.54, 1.807) is 13.8 Å². The van der Waals surface area contributed by atoms with Gasteiger partial charge < -0.3 is 5.73 Å². The van der Waals surface area contributed by atoms with Gasteiger partial charge in [-0.15, -0.1) is 0 Å². The number of carbonyl (C=O) groups excluding carboxylic acids is 1. The third kappa shape index (κ3) is 3.99. The maximum Gasteiger partial charge on any atom is 0.244 e. The second-order valence-corrected chi connectivity index (χ2v) is 6.92. The SMILES string of the molecule is CC(C)C(NS(=O)(=O)c1ccc(Br)cc1F)C(N)=O. The molecule has 0 aliphatic carbocycles. The Bertz CT molecular complexity index is 590. The van der Waals surface area contributed by atoms with Crippen molar-refractivity contribution in [2.45, 2.75) is 24.8 Å². The first-order valence-electron chi connectivity index (χ1n) is 5.42. The van der Waals surface area contributed by atoms with Gasteiger partial charge in [0, 0.05) is 4.47 Å². The molecule has 1 amide bonds. The molecule has 3 N–H and O–H groups in total. The van der Waals surface area contributed by atoms with E-state index >= 15 is 0 Å². The lowest BCUT2D eigenvalue weighted by atomic mass is 10.1. The zero-order valence-electron chi connectivity index (χ0n) is 10.4. The Balaban J connectivity index is 3.14. The number of sulfonamides is 1. The summed E-state index contributed by atoms with van der Waals surface area (Å²) in [6.45, 7) is 3.27. The summed E-state index contributed by atoms with van der Waals surface area (Å²) in [5.74, 6) is -2.06. The first-order chi connectivity index (χ1) is 8.65. The number of hydrogen-bond acceptors (Lipinski definition) is 3. The molecule has 0 aliphatic heterocycles. The van der Waals surface area contributed by atoms with Gasteiger partial charge in [0.1, 0.15) is 16.8 Å². The molecule has 0 radical (unpaired) electrons. The molecule has 1 aromatic rings. The Morgan fingerprint density at radius 3 is 2.42 bits per heavy atom. The van der Waals surface area contributed by atoms with E-state index in [-0.39, 0.29) is 5.92 Å². The van der Waals surface area contributed by atoms with Crippen LogP contribution < -0.4 is 10.5 Å². The number of halogens is 2. The standard InChI is InChI=1S/C11H14BrFN2O3S/c1-6(2)10(11(14)16)15-19(17,18)9-4-3-7(12)5-8(9)13/h3-6,10,15H,1-2H3,(H2,14,16). The van der Waals surface area contributed by atoms with Crippen molar-refractivity contribution < 1.29 is 17.6 Å². The van der Waals surface area contributed by atoms with E-state index in [4.69, 9.17) is 5.73 Å². The Labute approximate surface area is 119 Å². The quantitative estimate of drug-likeness (QED) is 0.838. The van der Waals surface area contributed by atoms with Gasteiger partial charge in [-0.2, -0.15) is 4.72 Å². The van der Waals surface area contributed by atoms with Crippen molar-refractivity contribution in [3.63, 3.8) is 0 Å². The van der Waals surface area contributed by atoms with Crippen LogP contribution in [0.25, 0.3) is 0 Å². The number of hydrogen-bond donors (Lipinski definition) is 2. The first-order valence-corrected chi connectivity index (χ1v) is 7.69. The summed E-state index contributed by atoms with van der Waals surface area (Å²) in [5.41, 5.74) is 5.12. The topological polar surface area (TPSA) is 89.3 Å². The molecular weight excluding hydrogens is 339 g/mol. The fourth-order valence-corrected chi connectivity index (χ4v) is 3.19. The predicted octanol–water partition coefficient (Wildman–Crippen LogP) is 1.38. The molecule has 0 fully saturated rings. The van der Waals surface area contributed by atoms with Crippen molar-refractivity contribution in [1.29, 1.82) is 0 Å². The molecule has 0 aliphatic rings. The number of benzene rings is 1. The number of primary amides is 1. The van der Waals surface area contributed by atoms with Crippen LogP contribution in [0.1, 0.15) is 13.8 Å². The van der Waals surface area contributed by atoms with Gasteiger partial charge in [0.25, 0.3) is 0 Å². The zero-order valence-corrected chi connectivity index (χ0v) is 12.8. The van der Waals surface area contributed by atoms with E-state index in [0.29, 0.717) is 4.47 Å². The van der Waals surface area contributed by atoms with Gasteiger partial charge in [-0.05, 0) is 24.1 Å². The van der Waals surface area contributed by atoms with Crippen molar-refractivity contribution in [2.75, 3.05) is 0 Å². The van der Waals surface area contributed by atoms with Gasteiger partial charge in [-0.1, -0.05) is 29.8 Å². The van der Waals surface area contributed by atoms with Gasteiger partial charge in [0.2, 0.25) is 15.9 Å². The summed E-state index contributed by atoms with van der Waals surface area (Å²) in [7, 11) is -4.14. The molecule has 0 saturated carbocycles. The van der Waals surface area contributed by atoms with Gasteiger partial charge in [0.05, 0.1) is 0 Å². The Morgan fingerprint density at radius 2 is 2.00 bits per heavy atom. The number of nitrogens with two attached hydrogens (primary N) is 1. The van der Waals surface area contributed by atoms with Crippen molar-refractivity contribution in [1.82, 2.24) is 4.72 Å². The number of rotatable bonds is 5. The Kier molecular flexibility index (Phi) is 5.05. The lowest BCUT2D eigenvalue weighted by Crippen LogP contribution is -2.47. The molecule has 1 aromatic carbocycles. The van der Waals surface area contributed by atoms with E-state index in [1.165, 1.54) is 6.07 Å². The summed E-state index contributed by atoms with van der Waals surface area (Å²) in [6.07, 6.45) is 0. The van der Waals surface area contributed by atoms with Gasteiger partial charge in [-0.25, -0.2) is 12.8 Å². The van der Waals surface area contributed by atoms with E-state index in [1.807, 2.05) is 0 Å². The maximum atomic E-state index is 13.6. The molecule has 0 saturated heterocycles. The highest BCUT2D eigenvalue weighted by molar-refractivity contribution is 9.10. The Morgan fingerprint density at radius 1 is 1.42 bits per heavy atom. The minimum atomic E-state index is -4.14. The number of carbonyl (C=O) groups is 1. The summed E-state index contributed by atoms with van der Waals surface area (Å²) < 4.78 is 40.2. The molecule has 0 bridgehead atoms. The molecule has 1 unspecified atom stereocenters. The summed E-state index contributed by atoms with van der Waals surface area (Å²) in [4.78, 5) is 10.7. The lowest BCUT2D eigenvalue weighted by molar-refractivity contribution is -0.120. The van der Waals surface area contributed by atoms with Crippen LogP contribution in [0.2, 0.25) is 0 Å². The molecule has 0 heterocycles. The number of amides is 1. The van der Waals surface area contributed by atoms with E-state index in [0.717, 1.165) is 12.1 Å². The highest BCUT2D eigenvalue weighted by atomic mass is 79.9. The predicted molar refractivity (Wildman–Crippen MR) is 72.2 cm³/mol. The van der Waals surface area contributed by atoms with Gasteiger partial charge in [0.15, 0.2) is 0 Å². The van der Waals surface area contributed by atoms with E-state index in [2.05, 4.69) is 20.7 Å². The van der Waals surface area contributed by atoms with Crippen LogP contribution in [-0.4, -0.2) is 20.4 Å². The van der Waals surface area contributed by atoms with Crippen molar-refractivity contribution in [3.8, 4) is 0 Å². The molecule has 0 spiro atoms. The molecule has 8 heteroatoms. The van der Waals surface area contributed by atoms with Crippen LogP contribution >= 0.6 is 15.9 Å². The minimum absolute atomic E-state index is 0.342. The smallest absolute Gasteiger partial charge is 0.244 e. The maximum absolute atomic E-state index is 13.6. The van der Waals surface area contributed by atoms with Crippen LogP contribution in [0.15, 0.2) is 27.6 Å². The zero-order chi connectivity index (χ0) is 14.8. The van der Waals surface area contributed by atoms with Gasteiger partial charge in [-0.3, -0.25) is 4.79 Å². The first kappa shape index (κ1) is 16.1. The normalized spacial score (nSPS) is 13.5. The molecule has 0 aromatic heterocycles. The van der Waals surface area contributed by atoms with E-state index < -0.39 is 32.7 Å². The molecule has 1 rings (SSSR count). The van der Waals surface area contributed by atoms with Crippen LogP contribution in [0.4, 0.5) is 4.39 Å². The third-order valence-corrected chi connectivity index (χ3v) is 4.41. The fourth-order valence-electron chi connectivity index (χ4n) is 1.45. The molecule has 1 atom stereocenters. The van der Waals surface area contributed by atoms with Crippen LogP contribution in [0, 0.1) is 11.7 Å². The van der Waals surface area contributed by atoms with E-state index in [9.17, 15) is 17.6 Å². The van der Waals surface area contributed by atoms with Crippen LogP contribution in [-0.2, 0) is 14.8 Å². The van der Waals surface area contributed by atoms with Crippen molar-refractivity contribution in [2.24, 2.45) is 11.7 Å². The summed E-state index contributed by atoms with van der Waals surface area (Å²) >= 11 is 3.03. The number of nitrogens with one attached hydrogen (secondary N) is 1. The summed E-state index contributed by atoms with van der Waals surface area (Å²) in [6, 6.07) is 2.45. The largest absolute Gasteiger partial charge is 0.368 e. The molecule has 106 valence electrons. The second kappa shape index (κ2) is 5.98. The average molecular weight is 353 g/mol. The third-order valence-electron chi connectivity index (χ3n) is 2.44. The summed E-state index contributed by atoms with van der Waals surface area (Å²) in [5, 5.41) is 0. The van der Waals surface area contributed by atoms with Gasteiger partial charge >= 0.3 is 0 Å². The Hall–Kier alpha value is -0.990. The van der Waals surface area contributed by atoms with Crippen molar-refractivity contribution >= 4 is 31.9 Å². The second-order valence-electron chi connectivity index (χ2n) is 4.32. The monoisotopic (exact) mass is 352 g/mol. The molecule has 19 heavy (non-hydrogen) atoms. The highest BCUT2D eigenvalue weighted by Gasteiger charge is 2.28. The van der Waals surface area contributed by atoms with Crippen LogP contribution in [0.5, 0.6) is 0 Å². The molecule has 5 nitrogen and oxygen atoms in total. The highest BCUT2D eigenvalue weighted by Crippen LogP contribution is 2.20. The lowest BCUT2D eigenvalue weighted by Gasteiger charge is -2.19. The average Bonchev–Trinajstić information content (AvgIpc) is 2.24. The minimum Gasteiger partial charge on any atom is -0.368 e. The fraction of sp³-hybridized carbons (Fsp3) is 0.364. The van der Waals surface area contributed by atoms with Crippen molar-refractivity contribution in [3.05, 3.63) is 28.5 Å².